The maximum absolute atomic E-state index is 11.8. The summed E-state index contributed by atoms with van der Waals surface area (Å²) in [4.78, 5) is 13.3. The Hall–Kier alpha value is -1.27. The highest BCUT2D eigenvalue weighted by Gasteiger charge is 2.29. The summed E-state index contributed by atoms with van der Waals surface area (Å²) < 4.78 is 16.8. The zero-order valence-electron chi connectivity index (χ0n) is 14.0. The maximum Gasteiger partial charge on any atom is 0.309 e. The smallest absolute Gasteiger partial charge is 0.309 e. The van der Waals surface area contributed by atoms with Gasteiger partial charge in [0, 0.05) is 24.5 Å². The Morgan fingerprint density at radius 3 is 2.43 bits per heavy atom. The fourth-order valence-electron chi connectivity index (χ4n) is 3.03. The number of carbonyl (C=O) groups is 1. The number of piperidine rings is 1. The molecule has 0 saturated carbocycles. The fraction of sp³-hybridized carbons (Fsp3) is 0.588. The first kappa shape index (κ1) is 18.1. The average molecular weight is 387 g/mol. The summed E-state index contributed by atoms with van der Waals surface area (Å²) in [7, 11) is 3.32. The Morgan fingerprint density at radius 1 is 1.22 bits per heavy atom. The first-order chi connectivity index (χ1) is 11.1. The van der Waals surface area contributed by atoms with E-state index in [9.17, 15) is 4.79 Å². The van der Waals surface area contributed by atoms with Crippen molar-refractivity contribution < 1.29 is 23.9 Å². The van der Waals surface area contributed by atoms with E-state index in [1.54, 1.807) is 14.2 Å². The molecule has 0 atom stereocenters. The largest absolute Gasteiger partial charge is 0.496 e. The number of esters is 1. The Balaban J connectivity index is 1.99. The lowest BCUT2D eigenvalue weighted by atomic mass is 9.96. The molecule has 1 saturated heterocycles. The van der Waals surface area contributed by atoms with Gasteiger partial charge in [0.15, 0.2) is 0 Å². The number of likely N-dealkylation sites (tertiary alicyclic amines) is 1. The Morgan fingerprint density at radius 2 is 1.87 bits per heavy atom. The van der Waals surface area contributed by atoms with E-state index in [4.69, 9.17) is 14.2 Å². The van der Waals surface area contributed by atoms with Gasteiger partial charge in [0.1, 0.15) is 18.0 Å². The van der Waals surface area contributed by atoms with Crippen LogP contribution in [-0.4, -0.2) is 39.9 Å². The summed E-state index contributed by atoms with van der Waals surface area (Å²) in [5, 5.41) is 0. The van der Waals surface area contributed by atoms with Crippen LogP contribution in [-0.2, 0) is 16.1 Å². The lowest BCUT2D eigenvalue weighted by molar-refractivity contribution is -0.919. The van der Waals surface area contributed by atoms with Gasteiger partial charge in [0.05, 0.1) is 44.3 Å². The minimum atomic E-state index is -0.0451. The van der Waals surface area contributed by atoms with Crippen molar-refractivity contribution in [3.05, 3.63) is 22.2 Å². The minimum absolute atomic E-state index is 0.0451. The van der Waals surface area contributed by atoms with Crippen LogP contribution >= 0.6 is 15.9 Å². The number of ether oxygens (including phenoxy) is 3. The van der Waals surface area contributed by atoms with E-state index in [0.717, 1.165) is 54.0 Å². The van der Waals surface area contributed by atoms with Crippen LogP contribution in [0.2, 0.25) is 0 Å². The van der Waals surface area contributed by atoms with Crippen molar-refractivity contribution in [2.24, 2.45) is 5.92 Å². The van der Waals surface area contributed by atoms with Crippen LogP contribution in [0.5, 0.6) is 11.5 Å². The van der Waals surface area contributed by atoms with E-state index in [2.05, 4.69) is 22.0 Å². The summed E-state index contributed by atoms with van der Waals surface area (Å²) in [5.74, 6) is 1.62. The van der Waals surface area contributed by atoms with Gasteiger partial charge in [-0.1, -0.05) is 0 Å². The van der Waals surface area contributed by atoms with Gasteiger partial charge in [-0.25, -0.2) is 0 Å². The molecule has 0 bridgehead atoms. The summed E-state index contributed by atoms with van der Waals surface area (Å²) in [5.41, 5.74) is 1.14. The molecular formula is C17H25BrNO4+. The number of benzene rings is 1. The highest BCUT2D eigenvalue weighted by molar-refractivity contribution is 9.10. The SMILES string of the molecule is CCOC(=O)C1CC[NH+](Cc2cc(Br)c(OC)cc2OC)CC1. The summed E-state index contributed by atoms with van der Waals surface area (Å²) in [6.07, 6.45) is 1.77. The molecule has 1 fully saturated rings. The zero-order valence-corrected chi connectivity index (χ0v) is 15.6. The van der Waals surface area contributed by atoms with Crippen molar-refractivity contribution in [1.29, 1.82) is 0 Å². The molecule has 128 valence electrons. The highest BCUT2D eigenvalue weighted by Crippen LogP contribution is 2.32. The van der Waals surface area contributed by atoms with Crippen molar-refractivity contribution in [3.63, 3.8) is 0 Å². The number of methoxy groups -OCH3 is 2. The quantitative estimate of drug-likeness (QED) is 0.757. The van der Waals surface area contributed by atoms with Gasteiger partial charge in [-0.15, -0.1) is 0 Å². The number of rotatable bonds is 6. The second-order valence-electron chi connectivity index (χ2n) is 5.75. The summed E-state index contributed by atoms with van der Waals surface area (Å²) in [6, 6.07) is 3.96. The third-order valence-corrected chi connectivity index (χ3v) is 4.93. The third kappa shape index (κ3) is 4.61. The van der Waals surface area contributed by atoms with Crippen LogP contribution in [0.25, 0.3) is 0 Å². The summed E-state index contributed by atoms with van der Waals surface area (Å²) >= 11 is 3.53. The lowest BCUT2D eigenvalue weighted by Crippen LogP contribution is -3.11. The first-order valence-electron chi connectivity index (χ1n) is 7.99. The number of carbonyl (C=O) groups excluding carboxylic acids is 1. The normalized spacial score (nSPS) is 20.9. The first-order valence-corrected chi connectivity index (χ1v) is 8.78. The fourth-order valence-corrected chi connectivity index (χ4v) is 3.58. The average Bonchev–Trinajstić information content (AvgIpc) is 2.56. The monoisotopic (exact) mass is 386 g/mol. The van der Waals surface area contributed by atoms with Gasteiger partial charge >= 0.3 is 5.97 Å². The van der Waals surface area contributed by atoms with Crippen LogP contribution in [0, 0.1) is 5.92 Å². The summed E-state index contributed by atoms with van der Waals surface area (Å²) in [6.45, 7) is 5.13. The molecule has 23 heavy (non-hydrogen) atoms. The topological polar surface area (TPSA) is 49.2 Å². The Kier molecular flexibility index (Phi) is 6.72. The van der Waals surface area contributed by atoms with E-state index in [-0.39, 0.29) is 11.9 Å². The zero-order chi connectivity index (χ0) is 16.8. The molecule has 0 radical (unpaired) electrons. The minimum Gasteiger partial charge on any atom is -0.496 e. The van der Waals surface area contributed by atoms with Gasteiger partial charge in [-0.2, -0.15) is 0 Å². The van der Waals surface area contributed by atoms with Gasteiger partial charge in [-0.05, 0) is 28.9 Å². The van der Waals surface area contributed by atoms with Crippen LogP contribution < -0.4 is 14.4 Å². The van der Waals surface area contributed by atoms with E-state index < -0.39 is 0 Å². The molecular weight excluding hydrogens is 362 g/mol. The van der Waals surface area contributed by atoms with Gasteiger partial charge in [0.2, 0.25) is 0 Å². The van der Waals surface area contributed by atoms with E-state index in [0.29, 0.717) is 6.61 Å². The number of quaternary nitrogens is 1. The van der Waals surface area contributed by atoms with Crippen LogP contribution in [0.15, 0.2) is 16.6 Å². The van der Waals surface area contributed by atoms with Gasteiger partial charge in [0.25, 0.3) is 0 Å². The van der Waals surface area contributed by atoms with Crippen molar-refractivity contribution >= 4 is 21.9 Å². The standard InChI is InChI=1S/C17H24BrNO4/c1-4-23-17(20)12-5-7-19(8-6-12)11-13-9-14(18)16(22-3)10-15(13)21-2/h9-10,12H,4-8,11H2,1-3H3/p+1. The lowest BCUT2D eigenvalue weighted by Gasteiger charge is -2.28. The van der Waals surface area contributed by atoms with E-state index in [1.165, 1.54) is 4.90 Å². The number of halogens is 1. The third-order valence-electron chi connectivity index (χ3n) is 4.31. The van der Waals surface area contributed by atoms with Gasteiger partial charge in [-0.3, -0.25) is 4.79 Å². The van der Waals surface area contributed by atoms with Crippen molar-refractivity contribution in [2.45, 2.75) is 26.3 Å². The molecule has 0 aromatic heterocycles. The molecule has 0 aliphatic carbocycles. The molecule has 1 aromatic rings. The van der Waals surface area contributed by atoms with Crippen molar-refractivity contribution in [3.8, 4) is 11.5 Å². The molecule has 1 aliphatic heterocycles. The van der Waals surface area contributed by atoms with E-state index in [1.807, 2.05) is 13.0 Å². The van der Waals surface area contributed by atoms with Crippen LogP contribution in [0.3, 0.4) is 0 Å². The molecule has 6 heteroatoms. The number of hydrogen-bond acceptors (Lipinski definition) is 4. The second-order valence-corrected chi connectivity index (χ2v) is 6.61. The molecule has 1 N–H and O–H groups in total. The van der Waals surface area contributed by atoms with Crippen molar-refractivity contribution in [2.75, 3.05) is 33.9 Å². The number of nitrogens with one attached hydrogen (secondary N) is 1. The van der Waals surface area contributed by atoms with Gasteiger partial charge < -0.3 is 19.1 Å². The molecule has 2 rings (SSSR count). The van der Waals surface area contributed by atoms with Crippen molar-refractivity contribution in [1.82, 2.24) is 0 Å². The predicted molar refractivity (Wildman–Crippen MR) is 91.0 cm³/mol. The molecule has 0 unspecified atom stereocenters. The predicted octanol–water partition coefficient (Wildman–Crippen LogP) is 1.82. The number of hydrogen-bond donors (Lipinski definition) is 1. The molecule has 0 spiro atoms. The molecule has 5 nitrogen and oxygen atoms in total. The Labute approximate surface area is 146 Å². The molecule has 1 heterocycles. The van der Waals surface area contributed by atoms with Crippen LogP contribution in [0.4, 0.5) is 0 Å². The second kappa shape index (κ2) is 8.55. The highest BCUT2D eigenvalue weighted by atomic mass is 79.9. The molecule has 1 aromatic carbocycles. The Bertz CT molecular complexity index is 542. The van der Waals surface area contributed by atoms with Crippen LogP contribution in [0.1, 0.15) is 25.3 Å². The maximum atomic E-state index is 11.8. The molecule has 1 aliphatic rings. The molecule has 0 amide bonds. The van der Waals surface area contributed by atoms with E-state index >= 15 is 0 Å².